The molecule has 4 aromatic rings. The van der Waals surface area contributed by atoms with E-state index in [4.69, 9.17) is 14.0 Å². The van der Waals surface area contributed by atoms with Crippen molar-refractivity contribution in [1.29, 1.82) is 0 Å². The van der Waals surface area contributed by atoms with E-state index in [-0.39, 0.29) is 5.76 Å². The SMILES string of the molecule is COc1ccc(NC(=O)c2cc(-c3ccccc3)no2)cc1OCc1ccncc1. The molecular formula is C23H19N3O4. The van der Waals surface area contributed by atoms with Crippen LogP contribution in [0, 0.1) is 0 Å². The Hall–Kier alpha value is -4.13. The Kier molecular flexibility index (Phi) is 5.70. The molecule has 1 amide bonds. The predicted octanol–water partition coefficient (Wildman–Crippen LogP) is 4.58. The third kappa shape index (κ3) is 4.47. The number of ether oxygens (including phenoxy) is 2. The molecule has 0 fully saturated rings. The molecule has 7 heteroatoms. The van der Waals surface area contributed by atoms with Gasteiger partial charge in [-0.25, -0.2) is 0 Å². The van der Waals surface area contributed by atoms with Gasteiger partial charge in [-0.15, -0.1) is 0 Å². The fourth-order valence-electron chi connectivity index (χ4n) is 2.83. The van der Waals surface area contributed by atoms with Crippen molar-refractivity contribution in [2.45, 2.75) is 6.61 Å². The molecule has 150 valence electrons. The van der Waals surface area contributed by atoms with Crippen molar-refractivity contribution >= 4 is 11.6 Å². The van der Waals surface area contributed by atoms with Crippen LogP contribution in [0.15, 0.2) is 83.6 Å². The highest BCUT2D eigenvalue weighted by atomic mass is 16.5. The van der Waals surface area contributed by atoms with Gasteiger partial charge >= 0.3 is 0 Å². The molecule has 0 aliphatic rings. The lowest BCUT2D eigenvalue weighted by Gasteiger charge is -2.12. The van der Waals surface area contributed by atoms with Crippen LogP contribution in [0.4, 0.5) is 5.69 Å². The molecule has 0 saturated carbocycles. The first-order valence-corrected chi connectivity index (χ1v) is 9.26. The second kappa shape index (κ2) is 8.91. The minimum absolute atomic E-state index is 0.115. The van der Waals surface area contributed by atoms with Gasteiger partial charge in [0.2, 0.25) is 5.76 Å². The number of pyridine rings is 1. The number of benzene rings is 2. The Morgan fingerprint density at radius 1 is 1.00 bits per heavy atom. The normalized spacial score (nSPS) is 10.4. The van der Waals surface area contributed by atoms with Crippen molar-refractivity contribution in [1.82, 2.24) is 10.1 Å². The quantitative estimate of drug-likeness (QED) is 0.488. The van der Waals surface area contributed by atoms with Crippen LogP contribution in [0.3, 0.4) is 0 Å². The molecular weight excluding hydrogens is 382 g/mol. The smallest absolute Gasteiger partial charge is 0.294 e. The lowest BCUT2D eigenvalue weighted by Crippen LogP contribution is -2.11. The van der Waals surface area contributed by atoms with Gasteiger partial charge in [-0.2, -0.15) is 0 Å². The number of rotatable bonds is 7. The number of methoxy groups -OCH3 is 1. The third-order valence-corrected chi connectivity index (χ3v) is 4.37. The van der Waals surface area contributed by atoms with Crippen molar-refractivity contribution in [2.75, 3.05) is 12.4 Å². The van der Waals surface area contributed by atoms with Crippen LogP contribution in [-0.4, -0.2) is 23.2 Å². The molecule has 0 unspecified atom stereocenters. The fourth-order valence-corrected chi connectivity index (χ4v) is 2.83. The van der Waals surface area contributed by atoms with E-state index in [9.17, 15) is 4.79 Å². The van der Waals surface area contributed by atoms with Crippen LogP contribution in [-0.2, 0) is 6.61 Å². The predicted molar refractivity (Wildman–Crippen MR) is 111 cm³/mol. The van der Waals surface area contributed by atoms with Crippen molar-refractivity contribution < 1.29 is 18.8 Å². The highest BCUT2D eigenvalue weighted by Crippen LogP contribution is 2.31. The van der Waals surface area contributed by atoms with E-state index in [1.54, 1.807) is 43.8 Å². The Labute approximate surface area is 173 Å². The third-order valence-electron chi connectivity index (χ3n) is 4.37. The van der Waals surface area contributed by atoms with E-state index in [2.05, 4.69) is 15.5 Å². The van der Waals surface area contributed by atoms with Gasteiger partial charge in [-0.1, -0.05) is 35.5 Å². The zero-order valence-electron chi connectivity index (χ0n) is 16.2. The highest BCUT2D eigenvalue weighted by Gasteiger charge is 2.15. The average Bonchev–Trinajstić information content (AvgIpc) is 3.30. The van der Waals surface area contributed by atoms with Crippen molar-refractivity contribution in [3.05, 3.63) is 90.4 Å². The molecule has 7 nitrogen and oxygen atoms in total. The molecule has 0 aliphatic carbocycles. The fraction of sp³-hybridized carbons (Fsp3) is 0.0870. The van der Waals surface area contributed by atoms with Gasteiger partial charge in [0, 0.05) is 35.8 Å². The van der Waals surface area contributed by atoms with Crippen LogP contribution in [0.5, 0.6) is 11.5 Å². The minimum atomic E-state index is -0.407. The van der Waals surface area contributed by atoms with Crippen molar-refractivity contribution in [3.63, 3.8) is 0 Å². The maximum atomic E-state index is 12.6. The largest absolute Gasteiger partial charge is 0.493 e. The molecule has 0 atom stereocenters. The summed E-state index contributed by atoms with van der Waals surface area (Å²) in [5.74, 6) is 0.779. The number of carbonyl (C=O) groups excluding carboxylic acids is 1. The lowest BCUT2D eigenvalue weighted by molar-refractivity contribution is 0.0988. The molecule has 30 heavy (non-hydrogen) atoms. The molecule has 0 aliphatic heterocycles. The Bertz CT molecular complexity index is 1130. The van der Waals surface area contributed by atoms with Crippen LogP contribution in [0.1, 0.15) is 16.1 Å². The van der Waals surface area contributed by atoms with Gasteiger partial charge in [-0.05, 0) is 29.8 Å². The zero-order valence-corrected chi connectivity index (χ0v) is 16.2. The lowest BCUT2D eigenvalue weighted by atomic mass is 10.1. The summed E-state index contributed by atoms with van der Waals surface area (Å²) in [5, 5.41) is 6.77. The van der Waals surface area contributed by atoms with E-state index in [1.807, 2.05) is 42.5 Å². The molecule has 4 rings (SSSR count). The number of amides is 1. The number of carbonyl (C=O) groups is 1. The van der Waals surface area contributed by atoms with Gasteiger partial charge in [0.15, 0.2) is 11.5 Å². The summed E-state index contributed by atoms with van der Waals surface area (Å²) in [4.78, 5) is 16.6. The van der Waals surface area contributed by atoms with Gasteiger partial charge in [0.05, 0.1) is 7.11 Å². The maximum Gasteiger partial charge on any atom is 0.294 e. The van der Waals surface area contributed by atoms with E-state index in [1.165, 1.54) is 0 Å². The molecule has 2 heterocycles. The van der Waals surface area contributed by atoms with Crippen LogP contribution in [0.2, 0.25) is 0 Å². The van der Waals surface area contributed by atoms with E-state index in [0.717, 1.165) is 11.1 Å². The monoisotopic (exact) mass is 401 g/mol. The second-order valence-electron chi connectivity index (χ2n) is 6.41. The van der Waals surface area contributed by atoms with Gasteiger partial charge in [-0.3, -0.25) is 9.78 Å². The Morgan fingerprint density at radius 3 is 2.57 bits per heavy atom. The second-order valence-corrected chi connectivity index (χ2v) is 6.41. The maximum absolute atomic E-state index is 12.6. The minimum Gasteiger partial charge on any atom is -0.493 e. The summed E-state index contributed by atoms with van der Waals surface area (Å²) >= 11 is 0. The molecule has 2 aromatic heterocycles. The van der Waals surface area contributed by atoms with E-state index < -0.39 is 5.91 Å². The Balaban J connectivity index is 1.47. The zero-order chi connectivity index (χ0) is 20.8. The van der Waals surface area contributed by atoms with Crippen molar-refractivity contribution in [2.24, 2.45) is 0 Å². The summed E-state index contributed by atoms with van der Waals surface area (Å²) in [6.07, 6.45) is 3.40. The van der Waals surface area contributed by atoms with E-state index in [0.29, 0.717) is 29.5 Å². The van der Waals surface area contributed by atoms with Crippen LogP contribution < -0.4 is 14.8 Å². The van der Waals surface area contributed by atoms with Crippen LogP contribution >= 0.6 is 0 Å². The molecule has 2 aromatic carbocycles. The summed E-state index contributed by atoms with van der Waals surface area (Å²) in [5.41, 5.74) is 2.98. The summed E-state index contributed by atoms with van der Waals surface area (Å²) in [7, 11) is 1.56. The summed E-state index contributed by atoms with van der Waals surface area (Å²) < 4.78 is 16.4. The molecule has 1 N–H and O–H groups in total. The number of aromatic nitrogens is 2. The average molecular weight is 401 g/mol. The standard InChI is InChI=1S/C23H19N3O4/c1-28-20-8-7-18(13-21(20)29-15-16-9-11-24-12-10-16)25-23(27)22-14-19(26-30-22)17-5-3-2-4-6-17/h2-14H,15H2,1H3,(H,25,27). The first kappa shape index (κ1) is 19.2. The van der Waals surface area contributed by atoms with Gasteiger partial charge in [0.25, 0.3) is 5.91 Å². The first-order valence-electron chi connectivity index (χ1n) is 9.26. The first-order chi connectivity index (χ1) is 14.7. The van der Waals surface area contributed by atoms with E-state index >= 15 is 0 Å². The summed E-state index contributed by atoms with van der Waals surface area (Å²) in [6.45, 7) is 0.346. The molecule has 0 saturated heterocycles. The number of hydrogen-bond donors (Lipinski definition) is 1. The number of anilines is 1. The summed E-state index contributed by atoms with van der Waals surface area (Å²) in [6, 6.07) is 20.0. The molecule has 0 radical (unpaired) electrons. The van der Waals surface area contributed by atoms with Gasteiger partial charge < -0.3 is 19.3 Å². The highest BCUT2D eigenvalue weighted by molar-refractivity contribution is 6.02. The number of hydrogen-bond acceptors (Lipinski definition) is 6. The molecule has 0 spiro atoms. The van der Waals surface area contributed by atoms with Crippen molar-refractivity contribution in [3.8, 4) is 22.8 Å². The van der Waals surface area contributed by atoms with Crippen LogP contribution in [0.25, 0.3) is 11.3 Å². The Morgan fingerprint density at radius 2 is 1.80 bits per heavy atom. The molecule has 0 bridgehead atoms. The number of nitrogens with zero attached hydrogens (tertiary/aromatic N) is 2. The topological polar surface area (TPSA) is 86.5 Å². The number of nitrogens with one attached hydrogen (secondary N) is 1. The van der Waals surface area contributed by atoms with Gasteiger partial charge in [0.1, 0.15) is 12.3 Å².